The molecule has 0 radical (unpaired) electrons. The SMILES string of the molecule is N#Cc1ccc(C(=O)c2cc(Cc3ccc(=O)[nH]n3)cc3ccoc23)cc1. The van der Waals surface area contributed by atoms with Crippen molar-refractivity contribution in [2.75, 3.05) is 0 Å². The Kier molecular flexibility index (Phi) is 4.11. The van der Waals surface area contributed by atoms with Crippen molar-refractivity contribution in [3.63, 3.8) is 0 Å². The van der Waals surface area contributed by atoms with Gasteiger partial charge in [-0.05, 0) is 54.1 Å². The van der Waals surface area contributed by atoms with Crippen molar-refractivity contribution in [2.45, 2.75) is 6.42 Å². The van der Waals surface area contributed by atoms with Gasteiger partial charge in [0.25, 0.3) is 5.56 Å². The Morgan fingerprint density at radius 2 is 1.93 bits per heavy atom. The number of aromatic amines is 1. The zero-order chi connectivity index (χ0) is 18.8. The lowest BCUT2D eigenvalue weighted by Crippen LogP contribution is -2.08. The second-order valence-corrected chi connectivity index (χ2v) is 6.09. The number of benzene rings is 2. The number of nitriles is 1. The van der Waals surface area contributed by atoms with Crippen LogP contribution in [0.3, 0.4) is 0 Å². The van der Waals surface area contributed by atoms with Crippen molar-refractivity contribution in [1.82, 2.24) is 10.2 Å². The molecule has 2 aromatic heterocycles. The van der Waals surface area contributed by atoms with Crippen LogP contribution in [0.2, 0.25) is 0 Å². The number of nitrogens with one attached hydrogen (secondary N) is 1. The largest absolute Gasteiger partial charge is 0.464 e. The molecule has 4 aromatic rings. The predicted octanol–water partition coefficient (Wildman–Crippen LogP) is 3.21. The van der Waals surface area contributed by atoms with Crippen LogP contribution in [0, 0.1) is 11.3 Å². The number of H-pyrrole nitrogens is 1. The summed E-state index contributed by atoms with van der Waals surface area (Å²) >= 11 is 0. The first-order chi connectivity index (χ1) is 13.1. The van der Waals surface area contributed by atoms with E-state index in [0.717, 1.165) is 10.9 Å². The molecular weight excluding hydrogens is 342 g/mol. The number of nitrogens with zero attached hydrogens (tertiary/aromatic N) is 2. The molecule has 2 heterocycles. The molecule has 6 nitrogen and oxygen atoms in total. The Labute approximate surface area is 153 Å². The van der Waals surface area contributed by atoms with Crippen molar-refractivity contribution < 1.29 is 9.21 Å². The van der Waals surface area contributed by atoms with Crippen LogP contribution in [0.15, 0.2) is 70.1 Å². The molecule has 2 aromatic carbocycles. The van der Waals surface area contributed by atoms with Gasteiger partial charge in [0.2, 0.25) is 0 Å². The van der Waals surface area contributed by atoms with Crippen LogP contribution in [0.1, 0.15) is 32.7 Å². The van der Waals surface area contributed by atoms with E-state index in [-0.39, 0.29) is 11.3 Å². The van der Waals surface area contributed by atoms with Crippen molar-refractivity contribution in [1.29, 1.82) is 5.26 Å². The maximum Gasteiger partial charge on any atom is 0.264 e. The Bertz CT molecular complexity index is 1220. The van der Waals surface area contributed by atoms with Crippen LogP contribution < -0.4 is 5.56 Å². The molecule has 0 bridgehead atoms. The minimum Gasteiger partial charge on any atom is -0.464 e. The normalized spacial score (nSPS) is 10.6. The summed E-state index contributed by atoms with van der Waals surface area (Å²) in [5.74, 6) is -0.185. The highest BCUT2D eigenvalue weighted by atomic mass is 16.3. The smallest absolute Gasteiger partial charge is 0.264 e. The fourth-order valence-corrected chi connectivity index (χ4v) is 2.95. The molecule has 0 saturated carbocycles. The Morgan fingerprint density at radius 3 is 2.63 bits per heavy atom. The second kappa shape index (κ2) is 6.73. The third-order valence-electron chi connectivity index (χ3n) is 4.25. The quantitative estimate of drug-likeness (QED) is 0.567. The highest BCUT2D eigenvalue weighted by Crippen LogP contribution is 2.26. The van der Waals surface area contributed by atoms with Crippen LogP contribution in [-0.4, -0.2) is 16.0 Å². The Balaban J connectivity index is 1.75. The number of aromatic nitrogens is 2. The summed E-state index contributed by atoms with van der Waals surface area (Å²) in [5.41, 5.74) is 3.23. The van der Waals surface area contributed by atoms with Crippen LogP contribution in [0.25, 0.3) is 11.0 Å². The number of hydrogen-bond donors (Lipinski definition) is 1. The highest BCUT2D eigenvalue weighted by Gasteiger charge is 2.17. The zero-order valence-corrected chi connectivity index (χ0v) is 14.1. The zero-order valence-electron chi connectivity index (χ0n) is 14.1. The molecule has 27 heavy (non-hydrogen) atoms. The number of hydrogen-bond acceptors (Lipinski definition) is 5. The van der Waals surface area contributed by atoms with Crippen molar-refractivity contribution in [2.24, 2.45) is 0 Å². The van der Waals surface area contributed by atoms with Gasteiger partial charge >= 0.3 is 0 Å². The molecule has 0 atom stereocenters. The lowest BCUT2D eigenvalue weighted by molar-refractivity contribution is 0.103. The van der Waals surface area contributed by atoms with E-state index in [2.05, 4.69) is 10.2 Å². The molecule has 0 saturated heterocycles. The van der Waals surface area contributed by atoms with E-state index in [4.69, 9.17) is 9.68 Å². The minimum absolute atomic E-state index is 0.185. The lowest BCUT2D eigenvalue weighted by Gasteiger charge is -2.07. The van der Waals surface area contributed by atoms with Gasteiger partial charge in [-0.1, -0.05) is 0 Å². The molecule has 1 N–H and O–H groups in total. The molecule has 0 amide bonds. The first-order valence-corrected chi connectivity index (χ1v) is 8.23. The third-order valence-corrected chi connectivity index (χ3v) is 4.25. The first-order valence-electron chi connectivity index (χ1n) is 8.23. The summed E-state index contributed by atoms with van der Waals surface area (Å²) in [6, 6.07) is 17.1. The van der Waals surface area contributed by atoms with E-state index in [1.54, 1.807) is 48.7 Å². The average Bonchev–Trinajstić information content (AvgIpc) is 3.17. The van der Waals surface area contributed by atoms with Gasteiger partial charge in [0.15, 0.2) is 5.78 Å². The Morgan fingerprint density at radius 1 is 1.11 bits per heavy atom. The minimum atomic E-state index is -0.263. The van der Waals surface area contributed by atoms with Crippen molar-refractivity contribution in [3.05, 3.63) is 99.2 Å². The summed E-state index contributed by atoms with van der Waals surface area (Å²) < 4.78 is 5.52. The van der Waals surface area contributed by atoms with E-state index in [0.29, 0.717) is 34.4 Å². The molecule has 130 valence electrons. The number of carbonyl (C=O) groups is 1. The monoisotopic (exact) mass is 355 g/mol. The van der Waals surface area contributed by atoms with Crippen LogP contribution in [0.5, 0.6) is 0 Å². The fourth-order valence-electron chi connectivity index (χ4n) is 2.95. The summed E-state index contributed by atoms with van der Waals surface area (Å²) in [6.45, 7) is 0. The Hall–Kier alpha value is -3.98. The number of ketones is 1. The molecule has 4 rings (SSSR count). The van der Waals surface area contributed by atoms with Crippen molar-refractivity contribution in [3.8, 4) is 6.07 Å². The summed E-state index contributed by atoms with van der Waals surface area (Å²) in [7, 11) is 0. The van der Waals surface area contributed by atoms with Gasteiger partial charge in [-0.15, -0.1) is 0 Å². The first kappa shape index (κ1) is 16.5. The fraction of sp³-hybridized carbons (Fsp3) is 0.0476. The van der Waals surface area contributed by atoms with E-state index in [1.807, 2.05) is 12.1 Å². The van der Waals surface area contributed by atoms with Crippen LogP contribution >= 0.6 is 0 Å². The second-order valence-electron chi connectivity index (χ2n) is 6.09. The summed E-state index contributed by atoms with van der Waals surface area (Å²) in [4.78, 5) is 24.2. The molecule has 0 spiro atoms. The van der Waals surface area contributed by atoms with Crippen LogP contribution in [0.4, 0.5) is 0 Å². The molecular formula is C21H13N3O3. The maximum atomic E-state index is 13.0. The topological polar surface area (TPSA) is 99.8 Å². The van der Waals surface area contributed by atoms with Gasteiger partial charge in [-0.2, -0.15) is 10.4 Å². The van der Waals surface area contributed by atoms with Gasteiger partial charge in [-0.25, -0.2) is 5.10 Å². The predicted molar refractivity (Wildman–Crippen MR) is 98.5 cm³/mol. The number of furan rings is 1. The molecule has 0 aliphatic rings. The van der Waals surface area contributed by atoms with Gasteiger partial charge in [0, 0.05) is 23.4 Å². The molecule has 0 aliphatic carbocycles. The van der Waals surface area contributed by atoms with E-state index >= 15 is 0 Å². The highest BCUT2D eigenvalue weighted by molar-refractivity contribution is 6.15. The molecule has 6 heteroatoms. The van der Waals surface area contributed by atoms with E-state index in [1.165, 1.54) is 6.07 Å². The number of rotatable bonds is 4. The lowest BCUT2D eigenvalue weighted by atomic mass is 9.97. The summed E-state index contributed by atoms with van der Waals surface area (Å²) in [6.07, 6.45) is 2.01. The number of fused-ring (bicyclic) bond motifs is 1. The van der Waals surface area contributed by atoms with Gasteiger partial charge in [-0.3, -0.25) is 9.59 Å². The maximum absolute atomic E-state index is 13.0. The summed E-state index contributed by atoms with van der Waals surface area (Å²) in [5, 5.41) is 16.2. The standard InChI is InChI=1S/C21H13N3O3/c22-12-13-1-3-15(4-2-13)20(26)18-11-14(9-16-7-8-27-21(16)18)10-17-5-6-19(25)24-23-17/h1-9,11H,10H2,(H,24,25). The average molecular weight is 355 g/mol. The van der Waals surface area contributed by atoms with E-state index in [9.17, 15) is 9.59 Å². The number of carbonyl (C=O) groups excluding carboxylic acids is 1. The molecule has 0 fully saturated rings. The van der Waals surface area contributed by atoms with Gasteiger partial charge in [0.05, 0.1) is 29.2 Å². The van der Waals surface area contributed by atoms with Crippen molar-refractivity contribution >= 4 is 16.8 Å². The molecule has 0 aliphatic heterocycles. The van der Waals surface area contributed by atoms with Gasteiger partial charge in [0.1, 0.15) is 5.58 Å². The molecule has 0 unspecified atom stereocenters. The van der Waals surface area contributed by atoms with E-state index < -0.39 is 0 Å². The third kappa shape index (κ3) is 3.26. The van der Waals surface area contributed by atoms with Crippen LogP contribution in [-0.2, 0) is 6.42 Å². The van der Waals surface area contributed by atoms with Gasteiger partial charge < -0.3 is 4.42 Å².